The molecule has 0 aliphatic carbocycles. The highest BCUT2D eigenvalue weighted by atomic mass is 79.9. The molecule has 1 unspecified atom stereocenters. The molecule has 4 heteroatoms. The lowest BCUT2D eigenvalue weighted by Crippen LogP contribution is -2.49. The van der Waals surface area contributed by atoms with Crippen LogP contribution in [-0.2, 0) is 5.66 Å². The molecule has 2 heterocycles. The number of nitrogens with zero attached hydrogens (tertiary/aromatic N) is 1. The van der Waals surface area contributed by atoms with E-state index in [4.69, 9.17) is 0 Å². The smallest absolute Gasteiger partial charge is 0.139 e. The predicted molar refractivity (Wildman–Crippen MR) is 89.6 cm³/mol. The zero-order chi connectivity index (χ0) is 13.9. The minimum atomic E-state index is -0.258. The molecule has 0 radical (unpaired) electrons. The van der Waals surface area contributed by atoms with Crippen LogP contribution in [0.4, 0.5) is 5.69 Å². The summed E-state index contributed by atoms with van der Waals surface area (Å²) in [5.41, 5.74) is 4.76. The Morgan fingerprint density at radius 1 is 1.00 bits per heavy atom. The van der Waals surface area contributed by atoms with Gasteiger partial charge in [-0.05, 0) is 50.4 Å². The Bertz CT molecular complexity index is 754. The van der Waals surface area contributed by atoms with E-state index in [0.717, 1.165) is 9.08 Å². The zero-order valence-corrected chi connectivity index (χ0v) is 14.0. The van der Waals surface area contributed by atoms with E-state index in [9.17, 15) is 0 Å². The van der Waals surface area contributed by atoms with Crippen molar-refractivity contribution in [3.8, 4) is 11.1 Å². The molecular formula is C16H12Br2N2. The first-order valence-corrected chi connectivity index (χ1v) is 8.03. The van der Waals surface area contributed by atoms with E-state index in [1.165, 1.54) is 22.4 Å². The van der Waals surface area contributed by atoms with Gasteiger partial charge in [-0.25, -0.2) is 0 Å². The van der Waals surface area contributed by atoms with Gasteiger partial charge in [0.2, 0.25) is 0 Å². The first kappa shape index (κ1) is 12.5. The Balaban J connectivity index is 2.13. The van der Waals surface area contributed by atoms with Crippen LogP contribution in [0.25, 0.3) is 11.1 Å². The van der Waals surface area contributed by atoms with Crippen molar-refractivity contribution in [1.29, 1.82) is 0 Å². The fourth-order valence-electron chi connectivity index (χ4n) is 3.17. The van der Waals surface area contributed by atoms with Gasteiger partial charge in [0.25, 0.3) is 0 Å². The Morgan fingerprint density at radius 2 is 1.75 bits per heavy atom. The van der Waals surface area contributed by atoms with E-state index in [1.54, 1.807) is 0 Å². The fourth-order valence-corrected chi connectivity index (χ4v) is 4.36. The van der Waals surface area contributed by atoms with E-state index < -0.39 is 0 Å². The molecule has 4 rings (SSSR count). The maximum Gasteiger partial charge on any atom is 0.139 e. The van der Waals surface area contributed by atoms with E-state index in [2.05, 4.69) is 91.5 Å². The van der Waals surface area contributed by atoms with Crippen molar-refractivity contribution in [3.63, 3.8) is 0 Å². The van der Waals surface area contributed by atoms with Crippen LogP contribution in [0, 0.1) is 0 Å². The summed E-state index contributed by atoms with van der Waals surface area (Å²) >= 11 is 7.38. The number of benzene rings is 2. The van der Waals surface area contributed by atoms with Gasteiger partial charge in [-0.15, -0.1) is 0 Å². The van der Waals surface area contributed by atoms with E-state index in [0.29, 0.717) is 0 Å². The second-order valence-corrected chi connectivity index (χ2v) is 6.87. The SMILES string of the molecule is CC12NC=C(Br)N1c1c(Br)cccc1-c1ccccc12. The van der Waals surface area contributed by atoms with E-state index in [1.807, 2.05) is 6.20 Å². The van der Waals surface area contributed by atoms with Crippen LogP contribution in [0.5, 0.6) is 0 Å². The number of hydrogen-bond acceptors (Lipinski definition) is 2. The number of para-hydroxylation sites is 1. The molecule has 100 valence electrons. The molecule has 2 aromatic rings. The number of fused-ring (bicyclic) bond motifs is 6. The molecule has 0 aromatic heterocycles. The summed E-state index contributed by atoms with van der Waals surface area (Å²) in [4.78, 5) is 2.30. The number of rotatable bonds is 0. The molecule has 1 N–H and O–H groups in total. The quantitative estimate of drug-likeness (QED) is 0.642. The van der Waals surface area contributed by atoms with Crippen LogP contribution >= 0.6 is 31.9 Å². The second kappa shape index (κ2) is 4.12. The van der Waals surface area contributed by atoms with E-state index >= 15 is 0 Å². The summed E-state index contributed by atoms with van der Waals surface area (Å²) in [6.07, 6.45) is 2.02. The van der Waals surface area contributed by atoms with Gasteiger partial charge in [-0.2, -0.15) is 0 Å². The Hall–Kier alpha value is -1.26. The van der Waals surface area contributed by atoms with Gasteiger partial charge in [0.15, 0.2) is 0 Å². The summed E-state index contributed by atoms with van der Waals surface area (Å²) in [6.45, 7) is 2.21. The third kappa shape index (κ3) is 1.44. The maximum atomic E-state index is 3.70. The lowest BCUT2D eigenvalue weighted by molar-refractivity contribution is 0.446. The van der Waals surface area contributed by atoms with Crippen molar-refractivity contribution in [2.45, 2.75) is 12.6 Å². The molecule has 2 aliphatic rings. The van der Waals surface area contributed by atoms with E-state index in [-0.39, 0.29) is 5.66 Å². The summed E-state index contributed by atoms with van der Waals surface area (Å²) in [7, 11) is 0. The van der Waals surface area contributed by atoms with Crippen molar-refractivity contribution in [1.82, 2.24) is 5.32 Å². The largest absolute Gasteiger partial charge is 0.363 e. The highest BCUT2D eigenvalue weighted by Crippen LogP contribution is 2.53. The van der Waals surface area contributed by atoms with Gasteiger partial charge in [0.1, 0.15) is 10.3 Å². The molecule has 0 spiro atoms. The topological polar surface area (TPSA) is 15.3 Å². The number of hydrogen-bond donors (Lipinski definition) is 1. The minimum Gasteiger partial charge on any atom is -0.363 e. The van der Waals surface area contributed by atoms with Crippen LogP contribution in [0.15, 0.2) is 57.7 Å². The van der Waals surface area contributed by atoms with Crippen LogP contribution in [0.3, 0.4) is 0 Å². The molecular weight excluding hydrogens is 380 g/mol. The van der Waals surface area contributed by atoms with Crippen LogP contribution in [-0.4, -0.2) is 0 Å². The molecule has 1 atom stereocenters. The molecule has 20 heavy (non-hydrogen) atoms. The van der Waals surface area contributed by atoms with Crippen molar-refractivity contribution in [3.05, 3.63) is 63.3 Å². The lowest BCUT2D eigenvalue weighted by atomic mass is 9.85. The van der Waals surface area contributed by atoms with Crippen LogP contribution in [0.1, 0.15) is 12.5 Å². The number of anilines is 1. The van der Waals surface area contributed by atoms with Gasteiger partial charge in [0, 0.05) is 21.8 Å². The average molecular weight is 392 g/mol. The first-order valence-electron chi connectivity index (χ1n) is 6.45. The van der Waals surface area contributed by atoms with Crippen LogP contribution in [0.2, 0.25) is 0 Å². The predicted octanol–water partition coefficient (Wildman–Crippen LogP) is 4.91. The van der Waals surface area contributed by atoms with Crippen molar-refractivity contribution in [2.75, 3.05) is 4.90 Å². The first-order chi connectivity index (χ1) is 9.63. The lowest BCUT2D eigenvalue weighted by Gasteiger charge is -2.44. The molecule has 0 bridgehead atoms. The third-order valence-electron chi connectivity index (χ3n) is 4.09. The molecule has 2 nitrogen and oxygen atoms in total. The third-order valence-corrected chi connectivity index (χ3v) is 5.31. The molecule has 0 saturated carbocycles. The highest BCUT2D eigenvalue weighted by Gasteiger charge is 2.45. The van der Waals surface area contributed by atoms with Gasteiger partial charge in [0.05, 0.1) is 5.69 Å². The Morgan fingerprint density at radius 3 is 2.60 bits per heavy atom. The highest BCUT2D eigenvalue weighted by molar-refractivity contribution is 9.11. The Kier molecular flexibility index (Phi) is 2.57. The van der Waals surface area contributed by atoms with Crippen LogP contribution < -0.4 is 10.2 Å². The zero-order valence-electron chi connectivity index (χ0n) is 10.8. The normalized spacial score (nSPS) is 22.6. The molecule has 0 fully saturated rings. The number of halogens is 2. The van der Waals surface area contributed by atoms with Gasteiger partial charge < -0.3 is 10.2 Å². The summed E-state index contributed by atoms with van der Waals surface area (Å²) in [5.74, 6) is 0. The van der Waals surface area contributed by atoms with Gasteiger partial charge >= 0.3 is 0 Å². The average Bonchev–Trinajstić information content (AvgIpc) is 2.77. The Labute approximate surface area is 134 Å². The van der Waals surface area contributed by atoms with Crippen molar-refractivity contribution < 1.29 is 0 Å². The van der Waals surface area contributed by atoms with Gasteiger partial charge in [-0.1, -0.05) is 36.4 Å². The molecule has 0 saturated heterocycles. The summed E-state index contributed by atoms with van der Waals surface area (Å²) in [6, 6.07) is 14.9. The molecule has 2 aromatic carbocycles. The standard InChI is InChI=1S/C16H12Br2N2/c1-16-12-7-3-2-5-10(12)11-6-4-8-13(17)15(11)20(16)14(18)9-19-16/h2-9,19H,1H3. The molecule has 0 amide bonds. The maximum absolute atomic E-state index is 3.70. The van der Waals surface area contributed by atoms with Crippen molar-refractivity contribution in [2.24, 2.45) is 0 Å². The molecule has 2 aliphatic heterocycles. The monoisotopic (exact) mass is 390 g/mol. The van der Waals surface area contributed by atoms with Crippen molar-refractivity contribution >= 4 is 37.5 Å². The van der Waals surface area contributed by atoms with Gasteiger partial charge in [-0.3, -0.25) is 0 Å². The second-order valence-electron chi connectivity index (χ2n) is 5.20. The summed E-state index contributed by atoms with van der Waals surface area (Å²) < 4.78 is 2.15. The number of nitrogens with one attached hydrogen (secondary N) is 1. The fraction of sp³-hybridized carbons (Fsp3) is 0.125. The summed E-state index contributed by atoms with van der Waals surface area (Å²) in [5, 5.41) is 3.51. The minimum absolute atomic E-state index is 0.258.